The Morgan fingerprint density at radius 2 is 1.43 bits per heavy atom. The van der Waals surface area contributed by atoms with Gasteiger partial charge in [-0.25, -0.2) is 4.39 Å². The van der Waals surface area contributed by atoms with Crippen LogP contribution in [0, 0.1) is 0 Å². The zero-order chi connectivity index (χ0) is 11.7. The molecule has 0 amide bonds. The zero-order valence-electron chi connectivity index (χ0n) is 6.26. The Balaban J connectivity index is 4.65. The summed E-state index contributed by atoms with van der Waals surface area (Å²) in [6.45, 7) is 1.98. The summed E-state index contributed by atoms with van der Waals surface area (Å²) in [5.41, 5.74) is -2.46. The molecule has 0 aliphatic rings. The summed E-state index contributed by atoms with van der Waals surface area (Å²) in [5.74, 6) is 0. The van der Waals surface area contributed by atoms with Gasteiger partial charge < -0.3 is 0 Å². The molecule has 0 N–H and O–H groups in total. The second-order valence-electron chi connectivity index (χ2n) is 2.14. The summed E-state index contributed by atoms with van der Waals surface area (Å²) in [7, 11) is 0. The molecule has 0 radical (unpaired) electrons. The van der Waals surface area contributed by atoms with Gasteiger partial charge in [0, 0.05) is 0 Å². The zero-order valence-corrected chi connectivity index (χ0v) is 6.26. The van der Waals surface area contributed by atoms with Gasteiger partial charge in [0.25, 0.3) is 0 Å². The Bertz CT molecular complexity index is 215. The maximum absolute atomic E-state index is 12.2. The predicted molar refractivity (Wildman–Crippen MR) is 29.1 cm³/mol. The summed E-state index contributed by atoms with van der Waals surface area (Å²) in [5, 5.41) is -2.51. The van der Waals surface area contributed by atoms with Gasteiger partial charge in [-0.1, -0.05) is 6.58 Å². The van der Waals surface area contributed by atoms with Crippen LogP contribution in [0.1, 0.15) is 0 Å². The van der Waals surface area contributed by atoms with Crippen LogP contribution in [0.3, 0.4) is 0 Å². The molecule has 0 bridgehead atoms. The van der Waals surface area contributed by atoms with Crippen molar-refractivity contribution < 1.29 is 35.2 Å². The molecule has 0 aliphatic carbocycles. The maximum Gasteiger partial charge on any atom is 0.490 e. The van der Waals surface area contributed by atoms with Crippen molar-refractivity contribution >= 4 is 0 Å². The molecule has 0 aromatic heterocycles. The first-order chi connectivity index (χ1) is 5.98. The van der Waals surface area contributed by atoms with Crippen molar-refractivity contribution in [2.45, 2.75) is 18.8 Å². The molecule has 0 fully saturated rings. The molecule has 1 unspecified atom stereocenters. The SMILES string of the molecule is C=C(C(F)N(F)C(F)(F)F)C(F)(F)F. The van der Waals surface area contributed by atoms with E-state index in [9.17, 15) is 35.2 Å². The normalized spacial score (nSPS) is 15.8. The van der Waals surface area contributed by atoms with E-state index >= 15 is 0 Å². The summed E-state index contributed by atoms with van der Waals surface area (Å²) in [4.78, 5) is 0. The molecule has 0 spiro atoms. The minimum atomic E-state index is -5.84. The first kappa shape index (κ1) is 13.1. The van der Waals surface area contributed by atoms with Gasteiger partial charge in [0.1, 0.15) is 0 Å². The van der Waals surface area contributed by atoms with Crippen molar-refractivity contribution in [1.82, 2.24) is 5.12 Å². The molecular formula is C5H3F8N. The summed E-state index contributed by atoms with van der Waals surface area (Å²) < 4.78 is 92.7. The third-order valence-corrected chi connectivity index (χ3v) is 1.09. The van der Waals surface area contributed by atoms with Gasteiger partial charge in [0.2, 0.25) is 6.30 Å². The molecule has 0 aliphatic heterocycles. The lowest BCUT2D eigenvalue weighted by Gasteiger charge is -2.21. The highest BCUT2D eigenvalue weighted by Gasteiger charge is 2.50. The van der Waals surface area contributed by atoms with Crippen LogP contribution in [0.4, 0.5) is 35.2 Å². The van der Waals surface area contributed by atoms with E-state index in [0.29, 0.717) is 0 Å². The Morgan fingerprint density at radius 3 is 1.64 bits per heavy atom. The van der Waals surface area contributed by atoms with Gasteiger partial charge in [-0.3, -0.25) is 0 Å². The molecular weight excluding hydrogens is 226 g/mol. The van der Waals surface area contributed by atoms with E-state index in [1.165, 1.54) is 0 Å². The quantitative estimate of drug-likeness (QED) is 0.304. The van der Waals surface area contributed by atoms with Crippen LogP contribution in [0.25, 0.3) is 0 Å². The molecule has 0 aromatic carbocycles. The largest absolute Gasteiger partial charge is 0.490 e. The maximum atomic E-state index is 12.2. The summed E-state index contributed by atoms with van der Waals surface area (Å²) >= 11 is 0. The van der Waals surface area contributed by atoms with Crippen LogP contribution in [0.15, 0.2) is 12.2 Å². The molecule has 0 saturated carbocycles. The highest BCUT2D eigenvalue weighted by Crippen LogP contribution is 2.34. The number of hydrogen-bond acceptors (Lipinski definition) is 1. The molecule has 14 heavy (non-hydrogen) atoms. The van der Waals surface area contributed by atoms with Crippen molar-refractivity contribution in [3.05, 3.63) is 12.2 Å². The van der Waals surface area contributed by atoms with Crippen molar-refractivity contribution in [3.8, 4) is 0 Å². The minimum absolute atomic E-state index is 1.98. The third kappa shape index (κ3) is 3.13. The molecule has 0 aromatic rings. The Labute approximate surface area is 72.5 Å². The molecule has 0 heterocycles. The molecule has 84 valence electrons. The molecule has 1 atom stereocenters. The van der Waals surface area contributed by atoms with Crippen LogP contribution >= 0.6 is 0 Å². The third-order valence-electron chi connectivity index (χ3n) is 1.09. The van der Waals surface area contributed by atoms with E-state index < -0.39 is 29.5 Å². The molecule has 1 nitrogen and oxygen atoms in total. The van der Waals surface area contributed by atoms with Crippen LogP contribution in [0.2, 0.25) is 0 Å². The minimum Gasteiger partial charge on any atom is -0.222 e. The molecule has 9 heteroatoms. The van der Waals surface area contributed by atoms with Crippen molar-refractivity contribution in [1.29, 1.82) is 0 Å². The van der Waals surface area contributed by atoms with Gasteiger partial charge in [-0.05, 0) is 5.12 Å². The second kappa shape index (κ2) is 3.71. The number of alkyl halides is 7. The van der Waals surface area contributed by atoms with Crippen LogP contribution in [-0.4, -0.2) is 23.9 Å². The van der Waals surface area contributed by atoms with Gasteiger partial charge in [0.15, 0.2) is 0 Å². The monoisotopic (exact) mass is 229 g/mol. The Morgan fingerprint density at radius 1 is 1.07 bits per heavy atom. The van der Waals surface area contributed by atoms with Crippen molar-refractivity contribution in [2.24, 2.45) is 0 Å². The van der Waals surface area contributed by atoms with Gasteiger partial charge in [-0.2, -0.15) is 26.3 Å². The van der Waals surface area contributed by atoms with Gasteiger partial charge in [0.05, 0.1) is 5.57 Å². The van der Waals surface area contributed by atoms with Crippen LogP contribution in [-0.2, 0) is 0 Å². The fourth-order valence-electron chi connectivity index (χ4n) is 0.400. The highest BCUT2D eigenvalue weighted by atomic mass is 19.4. The first-order valence-electron chi connectivity index (χ1n) is 2.90. The molecule has 0 saturated heterocycles. The Kier molecular flexibility index (Phi) is 3.49. The van der Waals surface area contributed by atoms with Crippen LogP contribution < -0.4 is 0 Å². The van der Waals surface area contributed by atoms with Crippen molar-refractivity contribution in [3.63, 3.8) is 0 Å². The lowest BCUT2D eigenvalue weighted by molar-refractivity contribution is -0.340. The second-order valence-corrected chi connectivity index (χ2v) is 2.14. The van der Waals surface area contributed by atoms with E-state index in [4.69, 9.17) is 0 Å². The average molecular weight is 229 g/mol. The lowest BCUT2D eigenvalue weighted by atomic mass is 10.3. The van der Waals surface area contributed by atoms with E-state index in [0.717, 1.165) is 0 Å². The average Bonchev–Trinajstić information content (AvgIpc) is 1.97. The smallest absolute Gasteiger partial charge is 0.222 e. The number of rotatable bonds is 2. The topological polar surface area (TPSA) is 3.24 Å². The number of nitrogens with zero attached hydrogens (tertiary/aromatic N) is 1. The lowest BCUT2D eigenvalue weighted by Crippen LogP contribution is -2.40. The highest BCUT2D eigenvalue weighted by molar-refractivity contribution is 5.07. The van der Waals surface area contributed by atoms with Crippen molar-refractivity contribution in [2.75, 3.05) is 0 Å². The van der Waals surface area contributed by atoms with E-state index in [1.807, 2.05) is 6.58 Å². The summed E-state index contributed by atoms with van der Waals surface area (Å²) in [6.07, 6.45) is -15.3. The Hall–Kier alpha value is -0.860. The van der Waals surface area contributed by atoms with E-state index in [2.05, 4.69) is 0 Å². The fraction of sp³-hybridized carbons (Fsp3) is 0.600. The van der Waals surface area contributed by atoms with Gasteiger partial charge >= 0.3 is 12.5 Å². The number of hydrogen-bond donors (Lipinski definition) is 0. The van der Waals surface area contributed by atoms with E-state index in [-0.39, 0.29) is 0 Å². The standard InChI is InChI=1S/C5H3F8N/c1-2(4(7,8)9)3(6)14(13)5(10,11)12/h3H,1H2. The molecule has 0 rings (SSSR count). The predicted octanol–water partition coefficient (Wildman–Crippen LogP) is 3.11. The first-order valence-corrected chi connectivity index (χ1v) is 2.90. The van der Waals surface area contributed by atoms with Crippen LogP contribution in [0.5, 0.6) is 0 Å². The fourth-order valence-corrected chi connectivity index (χ4v) is 0.400. The number of halogens is 8. The summed E-state index contributed by atoms with van der Waals surface area (Å²) in [6, 6.07) is 0. The van der Waals surface area contributed by atoms with E-state index in [1.54, 1.807) is 0 Å². The van der Waals surface area contributed by atoms with Gasteiger partial charge in [-0.15, -0.1) is 4.48 Å².